The molecule has 0 amide bonds. The van der Waals surface area contributed by atoms with E-state index in [1.165, 1.54) is 0 Å². The summed E-state index contributed by atoms with van der Waals surface area (Å²) < 4.78 is 0. The molecule has 2 atom stereocenters. The van der Waals surface area contributed by atoms with Crippen LogP contribution in [0.25, 0.3) is 0 Å². The largest absolute Gasteiger partial charge is 0.395 e. The van der Waals surface area contributed by atoms with E-state index in [1.807, 2.05) is 0 Å². The lowest BCUT2D eigenvalue weighted by Gasteiger charge is -2.12. The zero-order chi connectivity index (χ0) is 6.57. The second kappa shape index (κ2) is 4.49. The van der Waals surface area contributed by atoms with Gasteiger partial charge in [-0.05, 0) is 0 Å². The lowest BCUT2D eigenvalue weighted by atomic mass is 10.3. The quantitative estimate of drug-likeness (QED) is 0.414. The average Bonchev–Trinajstić information content (AvgIpc) is 1.84. The van der Waals surface area contributed by atoms with Gasteiger partial charge in [0.1, 0.15) is 0 Å². The van der Waals surface area contributed by atoms with E-state index in [9.17, 15) is 0 Å². The molecule has 50 valence electrons. The van der Waals surface area contributed by atoms with Crippen LogP contribution in [0.5, 0.6) is 0 Å². The van der Waals surface area contributed by atoms with Crippen molar-refractivity contribution < 1.29 is 5.11 Å². The summed E-state index contributed by atoms with van der Waals surface area (Å²) >= 11 is 8.04. The molecule has 0 aromatic carbocycles. The number of nitrogens with two attached hydrogens (primary N) is 1. The van der Waals surface area contributed by atoms with E-state index >= 15 is 0 Å². The molecule has 4 heteroatoms. The van der Waals surface area contributed by atoms with Crippen molar-refractivity contribution in [2.75, 3.05) is 13.2 Å². The first-order valence-corrected chi connectivity index (χ1v) is 3.42. The maximum absolute atomic E-state index is 8.46. The summed E-state index contributed by atoms with van der Waals surface area (Å²) in [5.74, 6) is 0. The molecule has 0 aliphatic rings. The highest BCUT2D eigenvalue weighted by molar-refractivity contribution is 7.85. The monoisotopic (exact) mass is 153 g/mol. The molecular weight excluding hydrogens is 142 g/mol. The van der Waals surface area contributed by atoms with Crippen molar-refractivity contribution in [2.45, 2.75) is 10.5 Å². The predicted molar refractivity (Wildman–Crippen MR) is 41.7 cm³/mol. The van der Waals surface area contributed by atoms with Gasteiger partial charge in [-0.2, -0.15) is 25.3 Å². The molecule has 0 spiro atoms. The van der Waals surface area contributed by atoms with E-state index in [0.717, 1.165) is 0 Å². The predicted octanol–water partition coefficient (Wildman–Crippen LogP) is -0.466. The molecule has 0 aromatic heterocycles. The van der Waals surface area contributed by atoms with Crippen LogP contribution in [0, 0.1) is 0 Å². The first-order chi connectivity index (χ1) is 3.72. The van der Waals surface area contributed by atoms with E-state index in [1.54, 1.807) is 0 Å². The number of aliphatic hydroxyl groups excluding tert-OH is 1. The third-order valence-corrected chi connectivity index (χ3v) is 2.20. The van der Waals surface area contributed by atoms with Crippen molar-refractivity contribution in [1.29, 1.82) is 0 Å². The third kappa shape index (κ3) is 2.81. The van der Waals surface area contributed by atoms with Crippen LogP contribution in [0.2, 0.25) is 0 Å². The Kier molecular flexibility index (Phi) is 4.84. The SMILES string of the molecule is NCC(S)C(S)CO. The van der Waals surface area contributed by atoms with Crippen LogP contribution < -0.4 is 5.73 Å². The number of hydrogen-bond acceptors (Lipinski definition) is 4. The molecule has 0 bridgehead atoms. The molecule has 0 heterocycles. The molecule has 8 heavy (non-hydrogen) atoms. The van der Waals surface area contributed by atoms with Gasteiger partial charge in [-0.25, -0.2) is 0 Å². The Bertz CT molecular complexity index is 54.0. The minimum atomic E-state index is -0.0941. The van der Waals surface area contributed by atoms with Gasteiger partial charge in [0.2, 0.25) is 0 Å². The van der Waals surface area contributed by atoms with Crippen LogP contribution in [0.3, 0.4) is 0 Å². The Morgan fingerprint density at radius 2 is 1.88 bits per heavy atom. The summed E-state index contributed by atoms with van der Waals surface area (Å²) in [4.78, 5) is 0. The van der Waals surface area contributed by atoms with Crippen LogP contribution in [0.1, 0.15) is 0 Å². The summed E-state index contributed by atoms with van der Waals surface area (Å²) in [6.45, 7) is 0.492. The van der Waals surface area contributed by atoms with E-state index < -0.39 is 0 Å². The topological polar surface area (TPSA) is 46.2 Å². The van der Waals surface area contributed by atoms with Gasteiger partial charge in [0.05, 0.1) is 6.61 Å². The third-order valence-electron chi connectivity index (χ3n) is 0.873. The molecule has 0 saturated carbocycles. The van der Waals surface area contributed by atoms with Crippen LogP contribution in [-0.4, -0.2) is 28.8 Å². The molecule has 0 fully saturated rings. The van der Waals surface area contributed by atoms with Crippen LogP contribution in [0.15, 0.2) is 0 Å². The van der Waals surface area contributed by atoms with E-state index in [-0.39, 0.29) is 17.1 Å². The maximum atomic E-state index is 8.46. The van der Waals surface area contributed by atoms with Crippen molar-refractivity contribution >= 4 is 25.3 Å². The fraction of sp³-hybridized carbons (Fsp3) is 1.00. The molecule has 0 aliphatic heterocycles. The minimum absolute atomic E-state index is 0.00309. The molecular formula is C4H11NOS2. The molecule has 0 aromatic rings. The van der Waals surface area contributed by atoms with Crippen LogP contribution in [0.4, 0.5) is 0 Å². The number of rotatable bonds is 3. The number of hydrogen-bond donors (Lipinski definition) is 4. The Labute approximate surface area is 60.3 Å². The smallest absolute Gasteiger partial charge is 0.0558 e. The molecule has 3 N–H and O–H groups in total. The maximum Gasteiger partial charge on any atom is 0.0558 e. The zero-order valence-corrected chi connectivity index (χ0v) is 6.28. The van der Waals surface area contributed by atoms with Crippen molar-refractivity contribution in [1.82, 2.24) is 0 Å². The average molecular weight is 153 g/mol. The van der Waals surface area contributed by atoms with Crippen molar-refractivity contribution in [3.8, 4) is 0 Å². The fourth-order valence-corrected chi connectivity index (χ4v) is 0.495. The first kappa shape index (κ1) is 8.62. The molecule has 0 aliphatic carbocycles. The summed E-state index contributed by atoms with van der Waals surface area (Å²) in [5.41, 5.74) is 5.21. The first-order valence-electron chi connectivity index (χ1n) is 2.39. The molecule has 0 rings (SSSR count). The van der Waals surface area contributed by atoms with Gasteiger partial charge < -0.3 is 10.8 Å². The Hall–Kier alpha value is 0.620. The standard InChI is InChI=1S/C4H11NOS2/c5-1-3(7)4(8)2-6/h3-4,6-8H,1-2,5H2. The lowest BCUT2D eigenvalue weighted by molar-refractivity contribution is 0.294. The second-order valence-corrected chi connectivity index (χ2v) is 2.88. The normalized spacial score (nSPS) is 18.0. The summed E-state index contributed by atoms with van der Waals surface area (Å²) in [5, 5.41) is 8.36. The fourth-order valence-electron chi connectivity index (χ4n) is 0.279. The van der Waals surface area contributed by atoms with E-state index in [4.69, 9.17) is 10.8 Å². The zero-order valence-electron chi connectivity index (χ0n) is 4.49. The Morgan fingerprint density at radius 3 is 2.00 bits per heavy atom. The minimum Gasteiger partial charge on any atom is -0.395 e. The van der Waals surface area contributed by atoms with Crippen LogP contribution >= 0.6 is 25.3 Å². The van der Waals surface area contributed by atoms with Crippen molar-refractivity contribution in [3.05, 3.63) is 0 Å². The highest BCUT2D eigenvalue weighted by Crippen LogP contribution is 2.05. The van der Waals surface area contributed by atoms with E-state index in [2.05, 4.69) is 25.3 Å². The number of thiol groups is 2. The van der Waals surface area contributed by atoms with Gasteiger partial charge in [0.15, 0.2) is 0 Å². The Morgan fingerprint density at radius 1 is 1.38 bits per heavy atom. The second-order valence-electron chi connectivity index (χ2n) is 1.55. The summed E-state index contributed by atoms with van der Waals surface area (Å²) in [7, 11) is 0. The van der Waals surface area contributed by atoms with Gasteiger partial charge in [-0.15, -0.1) is 0 Å². The van der Waals surface area contributed by atoms with E-state index in [0.29, 0.717) is 6.54 Å². The van der Waals surface area contributed by atoms with Gasteiger partial charge in [-0.3, -0.25) is 0 Å². The highest BCUT2D eigenvalue weighted by atomic mass is 32.1. The van der Waals surface area contributed by atoms with Gasteiger partial charge in [-0.1, -0.05) is 0 Å². The Balaban J connectivity index is 3.29. The lowest BCUT2D eigenvalue weighted by Crippen LogP contribution is -2.27. The summed E-state index contributed by atoms with van der Waals surface area (Å²) in [6.07, 6.45) is 0. The molecule has 2 nitrogen and oxygen atoms in total. The highest BCUT2D eigenvalue weighted by Gasteiger charge is 2.09. The van der Waals surface area contributed by atoms with Gasteiger partial charge in [0.25, 0.3) is 0 Å². The van der Waals surface area contributed by atoms with Gasteiger partial charge >= 0.3 is 0 Å². The molecule has 2 unspecified atom stereocenters. The van der Waals surface area contributed by atoms with Crippen molar-refractivity contribution in [3.63, 3.8) is 0 Å². The molecule has 0 saturated heterocycles. The van der Waals surface area contributed by atoms with Crippen molar-refractivity contribution in [2.24, 2.45) is 5.73 Å². The molecule has 0 radical (unpaired) electrons. The van der Waals surface area contributed by atoms with Crippen LogP contribution in [-0.2, 0) is 0 Å². The number of aliphatic hydroxyl groups is 1. The van der Waals surface area contributed by atoms with Gasteiger partial charge in [0, 0.05) is 17.0 Å². The summed E-state index contributed by atoms with van der Waals surface area (Å²) in [6, 6.07) is 0.